The van der Waals surface area contributed by atoms with Gasteiger partial charge in [0, 0.05) is 42.5 Å². The Labute approximate surface area is 182 Å². The second-order valence-corrected chi connectivity index (χ2v) is 9.29. The SMILES string of the molecule is COc1ccccc1CC(=O)N1CC[C@@H]2[C@H](CCCN2C(=O)CCc2cccs2)C1. The highest BCUT2D eigenvalue weighted by molar-refractivity contribution is 7.09. The van der Waals surface area contributed by atoms with Crippen molar-refractivity contribution >= 4 is 23.2 Å². The highest BCUT2D eigenvalue weighted by Gasteiger charge is 2.39. The number of nitrogens with zero attached hydrogens (tertiary/aromatic N) is 2. The summed E-state index contributed by atoms with van der Waals surface area (Å²) in [7, 11) is 1.64. The van der Waals surface area contributed by atoms with Crippen molar-refractivity contribution in [1.29, 1.82) is 0 Å². The molecule has 0 saturated carbocycles. The predicted molar refractivity (Wildman–Crippen MR) is 119 cm³/mol. The van der Waals surface area contributed by atoms with Gasteiger partial charge >= 0.3 is 0 Å². The summed E-state index contributed by atoms with van der Waals surface area (Å²) in [4.78, 5) is 31.2. The van der Waals surface area contributed by atoms with Crippen LogP contribution in [0.25, 0.3) is 0 Å². The Balaban J connectivity index is 1.34. The molecule has 1 aromatic carbocycles. The normalized spacial score (nSPS) is 21.2. The van der Waals surface area contributed by atoms with Crippen LogP contribution in [-0.2, 0) is 22.4 Å². The van der Waals surface area contributed by atoms with E-state index in [2.05, 4.69) is 16.3 Å². The fourth-order valence-corrected chi connectivity index (χ4v) is 5.60. The summed E-state index contributed by atoms with van der Waals surface area (Å²) in [6.45, 7) is 2.34. The first-order chi connectivity index (χ1) is 14.7. The van der Waals surface area contributed by atoms with E-state index in [1.54, 1.807) is 18.4 Å². The maximum Gasteiger partial charge on any atom is 0.227 e. The van der Waals surface area contributed by atoms with E-state index in [1.807, 2.05) is 35.2 Å². The lowest BCUT2D eigenvalue weighted by Gasteiger charge is -2.47. The van der Waals surface area contributed by atoms with Gasteiger partial charge in [-0.2, -0.15) is 0 Å². The molecule has 2 aliphatic heterocycles. The largest absolute Gasteiger partial charge is 0.496 e. The molecule has 6 heteroatoms. The summed E-state index contributed by atoms with van der Waals surface area (Å²) in [6.07, 6.45) is 4.78. The van der Waals surface area contributed by atoms with Gasteiger partial charge in [0.05, 0.1) is 13.5 Å². The van der Waals surface area contributed by atoms with Gasteiger partial charge in [0.1, 0.15) is 5.75 Å². The smallest absolute Gasteiger partial charge is 0.227 e. The van der Waals surface area contributed by atoms with Crippen molar-refractivity contribution < 1.29 is 14.3 Å². The third kappa shape index (κ3) is 4.69. The molecule has 0 aliphatic carbocycles. The van der Waals surface area contributed by atoms with Crippen LogP contribution in [-0.4, -0.2) is 54.4 Å². The minimum Gasteiger partial charge on any atom is -0.496 e. The number of ether oxygens (including phenoxy) is 1. The van der Waals surface area contributed by atoms with E-state index in [-0.39, 0.29) is 17.9 Å². The number of para-hydroxylation sites is 1. The Hall–Kier alpha value is -2.34. The molecule has 3 heterocycles. The molecule has 160 valence electrons. The molecule has 0 radical (unpaired) electrons. The molecule has 2 aromatic rings. The minimum atomic E-state index is 0.152. The highest BCUT2D eigenvalue weighted by atomic mass is 32.1. The molecule has 2 aliphatic rings. The second kappa shape index (κ2) is 9.65. The number of piperidine rings is 2. The molecule has 1 aromatic heterocycles. The summed E-state index contributed by atoms with van der Waals surface area (Å²) in [5.41, 5.74) is 0.932. The molecule has 0 bridgehead atoms. The van der Waals surface area contributed by atoms with E-state index >= 15 is 0 Å². The Morgan fingerprint density at radius 3 is 2.77 bits per heavy atom. The van der Waals surface area contributed by atoms with Gasteiger partial charge in [-0.05, 0) is 49.1 Å². The van der Waals surface area contributed by atoms with Gasteiger partial charge in [0.25, 0.3) is 0 Å². The summed E-state index contributed by atoms with van der Waals surface area (Å²) in [5, 5.41) is 2.06. The summed E-state index contributed by atoms with van der Waals surface area (Å²) in [6, 6.07) is 12.1. The number of aryl methyl sites for hydroxylation is 1. The molecule has 0 spiro atoms. The average molecular weight is 427 g/mol. The van der Waals surface area contributed by atoms with Crippen molar-refractivity contribution in [3.05, 3.63) is 52.2 Å². The van der Waals surface area contributed by atoms with Crippen LogP contribution >= 0.6 is 11.3 Å². The zero-order valence-electron chi connectivity index (χ0n) is 17.6. The Kier molecular flexibility index (Phi) is 6.72. The number of rotatable bonds is 6. The van der Waals surface area contributed by atoms with Gasteiger partial charge in [-0.25, -0.2) is 0 Å². The Bertz CT molecular complexity index is 867. The number of thiophene rings is 1. The Morgan fingerprint density at radius 2 is 1.97 bits per heavy atom. The standard InChI is InChI=1S/C24H30N2O3S/c1-29-22-9-3-2-6-18(22)16-24(28)25-14-12-21-19(17-25)7-4-13-26(21)23(27)11-10-20-8-5-15-30-20/h2-3,5-6,8-9,15,19,21H,4,7,10-14,16-17H2,1H3/t19-,21-/m1/s1. The van der Waals surface area contributed by atoms with Gasteiger partial charge in [-0.15, -0.1) is 11.3 Å². The minimum absolute atomic E-state index is 0.152. The lowest BCUT2D eigenvalue weighted by atomic mass is 9.83. The van der Waals surface area contributed by atoms with E-state index in [0.717, 1.165) is 56.6 Å². The number of carbonyl (C=O) groups is 2. The third-order valence-corrected chi connectivity index (χ3v) is 7.38. The topological polar surface area (TPSA) is 49.9 Å². The number of carbonyl (C=O) groups excluding carboxylic acids is 2. The number of benzene rings is 1. The van der Waals surface area contributed by atoms with Crippen molar-refractivity contribution in [1.82, 2.24) is 9.80 Å². The van der Waals surface area contributed by atoms with Crippen LogP contribution in [0.5, 0.6) is 5.75 Å². The van der Waals surface area contributed by atoms with Gasteiger partial charge in [0.2, 0.25) is 11.8 Å². The molecule has 2 amide bonds. The quantitative estimate of drug-likeness (QED) is 0.707. The van der Waals surface area contributed by atoms with Crippen LogP contribution in [0, 0.1) is 5.92 Å². The maximum atomic E-state index is 13.0. The maximum absolute atomic E-state index is 13.0. The van der Waals surface area contributed by atoms with Crippen LogP contribution in [0.3, 0.4) is 0 Å². The molecule has 2 atom stereocenters. The number of likely N-dealkylation sites (tertiary alicyclic amines) is 2. The Morgan fingerprint density at radius 1 is 1.10 bits per heavy atom. The number of hydrogen-bond donors (Lipinski definition) is 0. The summed E-state index contributed by atoms with van der Waals surface area (Å²) < 4.78 is 5.40. The second-order valence-electron chi connectivity index (χ2n) is 8.25. The number of methoxy groups -OCH3 is 1. The first-order valence-corrected chi connectivity index (χ1v) is 11.7. The van der Waals surface area contributed by atoms with E-state index in [1.165, 1.54) is 4.88 Å². The van der Waals surface area contributed by atoms with Crippen molar-refractivity contribution in [2.75, 3.05) is 26.7 Å². The summed E-state index contributed by atoms with van der Waals surface area (Å²) >= 11 is 1.72. The molecule has 5 nitrogen and oxygen atoms in total. The fraction of sp³-hybridized carbons (Fsp3) is 0.500. The number of fused-ring (bicyclic) bond motifs is 1. The van der Waals surface area contributed by atoms with E-state index < -0.39 is 0 Å². The lowest BCUT2D eigenvalue weighted by molar-refractivity contribution is -0.141. The summed E-state index contributed by atoms with van der Waals surface area (Å²) in [5.74, 6) is 1.58. The molecule has 0 unspecified atom stereocenters. The van der Waals surface area contributed by atoms with Gasteiger partial charge < -0.3 is 14.5 Å². The van der Waals surface area contributed by atoms with Crippen LogP contribution in [0.2, 0.25) is 0 Å². The highest BCUT2D eigenvalue weighted by Crippen LogP contribution is 2.32. The van der Waals surface area contributed by atoms with E-state index in [9.17, 15) is 9.59 Å². The van der Waals surface area contributed by atoms with Crippen molar-refractivity contribution in [3.8, 4) is 5.75 Å². The predicted octanol–water partition coefficient (Wildman–Crippen LogP) is 3.77. The third-order valence-electron chi connectivity index (χ3n) is 6.44. The van der Waals surface area contributed by atoms with Gasteiger partial charge in [-0.1, -0.05) is 24.3 Å². The van der Waals surface area contributed by atoms with Gasteiger partial charge in [-0.3, -0.25) is 9.59 Å². The molecular weight excluding hydrogens is 396 g/mol. The van der Waals surface area contributed by atoms with Crippen molar-refractivity contribution in [2.45, 2.75) is 44.6 Å². The molecule has 2 fully saturated rings. The average Bonchev–Trinajstić information content (AvgIpc) is 3.30. The zero-order chi connectivity index (χ0) is 20.9. The van der Waals surface area contributed by atoms with Gasteiger partial charge in [0.15, 0.2) is 0 Å². The van der Waals surface area contributed by atoms with Crippen LogP contribution in [0.15, 0.2) is 41.8 Å². The first-order valence-electron chi connectivity index (χ1n) is 10.9. The molecule has 2 saturated heterocycles. The molecule has 0 N–H and O–H groups in total. The fourth-order valence-electron chi connectivity index (χ4n) is 4.89. The molecule has 30 heavy (non-hydrogen) atoms. The van der Waals surface area contributed by atoms with E-state index in [4.69, 9.17) is 4.74 Å². The number of amides is 2. The zero-order valence-corrected chi connectivity index (χ0v) is 18.4. The first kappa shape index (κ1) is 20.9. The van der Waals surface area contributed by atoms with Crippen molar-refractivity contribution in [3.63, 3.8) is 0 Å². The number of hydrogen-bond acceptors (Lipinski definition) is 4. The molecular formula is C24H30N2O3S. The monoisotopic (exact) mass is 426 g/mol. The van der Waals surface area contributed by atoms with Crippen molar-refractivity contribution in [2.24, 2.45) is 5.92 Å². The molecule has 4 rings (SSSR count). The van der Waals surface area contributed by atoms with E-state index in [0.29, 0.717) is 18.8 Å². The van der Waals surface area contributed by atoms with Crippen LogP contribution in [0.1, 0.15) is 36.1 Å². The van der Waals surface area contributed by atoms with Crippen LogP contribution < -0.4 is 4.74 Å². The van der Waals surface area contributed by atoms with Crippen LogP contribution in [0.4, 0.5) is 0 Å². The lowest BCUT2D eigenvalue weighted by Crippen LogP contribution is -2.56.